The lowest BCUT2D eigenvalue weighted by atomic mass is 10.0. The number of likely N-dealkylation sites (tertiary alicyclic amines) is 1. The molecular weight excluding hydrogens is 262 g/mol. The zero-order chi connectivity index (χ0) is 15.3. The van der Waals surface area contributed by atoms with Crippen LogP contribution in [0.4, 0.5) is 5.69 Å². The molecule has 1 saturated heterocycles. The van der Waals surface area contributed by atoms with E-state index in [9.17, 15) is 0 Å². The van der Waals surface area contributed by atoms with E-state index in [1.54, 1.807) is 0 Å². The fraction of sp³-hybridized carbons (Fsp3) is 0.588. The third kappa shape index (κ3) is 5.37. The van der Waals surface area contributed by atoms with Gasteiger partial charge in [-0.25, -0.2) is 0 Å². The summed E-state index contributed by atoms with van der Waals surface area (Å²) in [5.41, 5.74) is 1.73. The van der Waals surface area contributed by atoms with Gasteiger partial charge in [-0.2, -0.15) is 5.26 Å². The summed E-state index contributed by atoms with van der Waals surface area (Å²) in [6.07, 6.45) is 2.24. The standard InChI is InChI=1S/C17H25N3O/c1-17(2,3)21-13-20-10-8-16(9-11-20)19-15-6-4-14(12-18)5-7-15/h4-7,16,19H,8-11,13H2,1-3H3. The highest BCUT2D eigenvalue weighted by molar-refractivity contribution is 5.47. The number of hydrogen-bond acceptors (Lipinski definition) is 4. The molecule has 0 radical (unpaired) electrons. The lowest BCUT2D eigenvalue weighted by molar-refractivity contribution is -0.0683. The van der Waals surface area contributed by atoms with Crippen LogP contribution in [0.25, 0.3) is 0 Å². The van der Waals surface area contributed by atoms with Crippen molar-refractivity contribution in [2.45, 2.75) is 45.3 Å². The first kappa shape index (κ1) is 15.8. The quantitative estimate of drug-likeness (QED) is 0.924. The van der Waals surface area contributed by atoms with E-state index >= 15 is 0 Å². The number of anilines is 1. The maximum atomic E-state index is 8.80. The summed E-state index contributed by atoms with van der Waals surface area (Å²) in [5.74, 6) is 0. The van der Waals surface area contributed by atoms with Crippen molar-refractivity contribution in [3.05, 3.63) is 29.8 Å². The topological polar surface area (TPSA) is 48.3 Å². The predicted octanol–water partition coefficient (Wildman–Crippen LogP) is 3.21. The Kier molecular flexibility index (Phi) is 5.22. The second kappa shape index (κ2) is 6.93. The van der Waals surface area contributed by atoms with Crippen LogP contribution >= 0.6 is 0 Å². The molecule has 1 N–H and O–H groups in total. The summed E-state index contributed by atoms with van der Waals surface area (Å²) in [5, 5.41) is 12.3. The Morgan fingerprint density at radius 2 is 1.86 bits per heavy atom. The molecule has 0 aliphatic carbocycles. The highest BCUT2D eigenvalue weighted by atomic mass is 16.5. The van der Waals surface area contributed by atoms with E-state index in [0.717, 1.165) is 31.6 Å². The molecular formula is C17H25N3O. The minimum Gasteiger partial charge on any atom is -0.382 e. The first-order chi connectivity index (χ1) is 9.96. The van der Waals surface area contributed by atoms with Gasteiger partial charge in [-0.3, -0.25) is 4.90 Å². The summed E-state index contributed by atoms with van der Waals surface area (Å²) >= 11 is 0. The highest BCUT2D eigenvalue weighted by Crippen LogP contribution is 2.18. The van der Waals surface area contributed by atoms with E-state index < -0.39 is 0 Å². The molecule has 0 amide bonds. The minimum absolute atomic E-state index is 0.0718. The van der Waals surface area contributed by atoms with E-state index in [-0.39, 0.29) is 5.60 Å². The second-order valence-electron chi connectivity index (χ2n) is 6.61. The van der Waals surface area contributed by atoms with Crippen molar-refractivity contribution >= 4 is 5.69 Å². The number of benzene rings is 1. The zero-order valence-electron chi connectivity index (χ0n) is 13.2. The molecule has 0 aromatic heterocycles. The van der Waals surface area contributed by atoms with Gasteiger partial charge in [-0.05, 0) is 57.9 Å². The molecule has 0 unspecified atom stereocenters. The first-order valence-electron chi connectivity index (χ1n) is 7.59. The SMILES string of the molecule is CC(C)(C)OCN1CCC(Nc2ccc(C#N)cc2)CC1. The van der Waals surface area contributed by atoms with Gasteiger partial charge < -0.3 is 10.1 Å². The van der Waals surface area contributed by atoms with Gasteiger partial charge in [0.25, 0.3) is 0 Å². The molecule has 4 nitrogen and oxygen atoms in total. The Bertz CT molecular complexity index is 476. The van der Waals surface area contributed by atoms with E-state index in [1.807, 2.05) is 24.3 Å². The van der Waals surface area contributed by atoms with Gasteiger partial charge in [0, 0.05) is 24.8 Å². The van der Waals surface area contributed by atoms with Crippen molar-refractivity contribution in [2.75, 3.05) is 25.1 Å². The van der Waals surface area contributed by atoms with Crippen LogP contribution < -0.4 is 5.32 Å². The van der Waals surface area contributed by atoms with Gasteiger partial charge >= 0.3 is 0 Å². The molecule has 2 rings (SSSR count). The average molecular weight is 287 g/mol. The van der Waals surface area contributed by atoms with Gasteiger partial charge in [-0.1, -0.05) is 0 Å². The molecule has 1 heterocycles. The van der Waals surface area contributed by atoms with Crippen molar-refractivity contribution in [3.8, 4) is 6.07 Å². The number of nitrogens with zero attached hydrogens (tertiary/aromatic N) is 2. The lowest BCUT2D eigenvalue weighted by Gasteiger charge is -2.34. The van der Waals surface area contributed by atoms with Gasteiger partial charge in [0.05, 0.1) is 24.0 Å². The number of hydrogen-bond donors (Lipinski definition) is 1. The maximum Gasteiger partial charge on any atom is 0.0997 e. The normalized spacial score (nSPS) is 17.4. The molecule has 114 valence electrons. The monoisotopic (exact) mass is 287 g/mol. The molecule has 1 aliphatic heterocycles. The molecule has 1 aromatic carbocycles. The highest BCUT2D eigenvalue weighted by Gasteiger charge is 2.20. The van der Waals surface area contributed by atoms with Crippen molar-refractivity contribution in [1.82, 2.24) is 4.90 Å². The maximum absolute atomic E-state index is 8.80. The van der Waals surface area contributed by atoms with Gasteiger partial charge in [0.15, 0.2) is 0 Å². The lowest BCUT2D eigenvalue weighted by Crippen LogP contribution is -2.41. The van der Waals surface area contributed by atoms with Crippen molar-refractivity contribution < 1.29 is 4.74 Å². The summed E-state index contributed by atoms with van der Waals surface area (Å²) in [4.78, 5) is 2.36. The molecule has 0 bridgehead atoms. The van der Waals surface area contributed by atoms with Gasteiger partial charge in [-0.15, -0.1) is 0 Å². The van der Waals surface area contributed by atoms with Crippen molar-refractivity contribution in [1.29, 1.82) is 5.26 Å². The molecule has 0 spiro atoms. The number of nitrogens with one attached hydrogen (secondary N) is 1. The zero-order valence-corrected chi connectivity index (χ0v) is 13.2. The van der Waals surface area contributed by atoms with Crippen molar-refractivity contribution in [3.63, 3.8) is 0 Å². The van der Waals surface area contributed by atoms with Crippen LogP contribution in [0.15, 0.2) is 24.3 Å². The Morgan fingerprint density at radius 3 is 2.38 bits per heavy atom. The van der Waals surface area contributed by atoms with Gasteiger partial charge in [0.1, 0.15) is 0 Å². The third-order valence-electron chi connectivity index (χ3n) is 3.65. The Morgan fingerprint density at radius 1 is 1.24 bits per heavy atom. The number of nitriles is 1. The van der Waals surface area contributed by atoms with Crippen LogP contribution in [0.5, 0.6) is 0 Å². The molecule has 21 heavy (non-hydrogen) atoms. The van der Waals surface area contributed by atoms with E-state index in [0.29, 0.717) is 18.3 Å². The molecule has 1 aliphatic rings. The largest absolute Gasteiger partial charge is 0.382 e. The number of rotatable bonds is 4. The van der Waals surface area contributed by atoms with Crippen molar-refractivity contribution in [2.24, 2.45) is 0 Å². The number of ether oxygens (including phenoxy) is 1. The summed E-state index contributed by atoms with van der Waals surface area (Å²) in [7, 11) is 0. The first-order valence-corrected chi connectivity index (χ1v) is 7.59. The second-order valence-corrected chi connectivity index (χ2v) is 6.61. The molecule has 4 heteroatoms. The van der Waals surface area contributed by atoms with Crippen LogP contribution in [0.3, 0.4) is 0 Å². The summed E-state index contributed by atoms with van der Waals surface area (Å²) in [6.45, 7) is 9.10. The van der Waals surface area contributed by atoms with Crippen LogP contribution in [0.1, 0.15) is 39.2 Å². The van der Waals surface area contributed by atoms with Crippen LogP contribution in [0.2, 0.25) is 0 Å². The fourth-order valence-corrected chi connectivity index (χ4v) is 2.37. The van der Waals surface area contributed by atoms with E-state index in [4.69, 9.17) is 10.00 Å². The van der Waals surface area contributed by atoms with E-state index in [2.05, 4.69) is 37.1 Å². The molecule has 1 aromatic rings. The summed E-state index contributed by atoms with van der Waals surface area (Å²) < 4.78 is 5.82. The fourth-order valence-electron chi connectivity index (χ4n) is 2.37. The summed E-state index contributed by atoms with van der Waals surface area (Å²) in [6, 6.07) is 10.3. The average Bonchev–Trinajstić information content (AvgIpc) is 2.46. The minimum atomic E-state index is -0.0718. The predicted molar refractivity (Wildman–Crippen MR) is 85.1 cm³/mol. The van der Waals surface area contributed by atoms with E-state index in [1.165, 1.54) is 0 Å². The van der Waals surface area contributed by atoms with Gasteiger partial charge in [0.2, 0.25) is 0 Å². The Balaban J connectivity index is 1.75. The molecule has 0 atom stereocenters. The number of piperidine rings is 1. The Labute approximate surface area is 127 Å². The van der Waals surface area contributed by atoms with Crippen LogP contribution in [-0.2, 0) is 4.74 Å². The third-order valence-corrected chi connectivity index (χ3v) is 3.65. The smallest absolute Gasteiger partial charge is 0.0997 e. The Hall–Kier alpha value is -1.57. The van der Waals surface area contributed by atoms with Crippen LogP contribution in [0, 0.1) is 11.3 Å². The molecule has 1 fully saturated rings. The van der Waals surface area contributed by atoms with Crippen LogP contribution in [-0.4, -0.2) is 36.4 Å². The molecule has 0 saturated carbocycles.